The van der Waals surface area contributed by atoms with Gasteiger partial charge in [-0.3, -0.25) is 14.5 Å². The predicted octanol–water partition coefficient (Wildman–Crippen LogP) is 6.29. The Morgan fingerprint density at radius 1 is 0.980 bits per heavy atom. The number of aromatic nitrogens is 1. The summed E-state index contributed by atoms with van der Waals surface area (Å²) in [5.74, 6) is -4.97. The minimum Gasteiger partial charge on any atom is -0.507 e. The molecule has 0 spiro atoms. The molecule has 11 nitrogen and oxygen atoms in total. The van der Waals surface area contributed by atoms with Gasteiger partial charge in [-0.2, -0.15) is 0 Å². The number of benzene rings is 3. The van der Waals surface area contributed by atoms with E-state index >= 15 is 4.39 Å². The third-order valence-corrected chi connectivity index (χ3v) is 10.8. The second-order valence-electron chi connectivity index (χ2n) is 13.1. The molecule has 0 radical (unpaired) electrons. The minimum absolute atomic E-state index is 0.0186. The lowest BCUT2D eigenvalue weighted by Crippen LogP contribution is -2.63. The summed E-state index contributed by atoms with van der Waals surface area (Å²) in [6, 6.07) is 17.7. The van der Waals surface area contributed by atoms with E-state index in [9.17, 15) is 19.8 Å². The fourth-order valence-corrected chi connectivity index (χ4v) is 8.40. The van der Waals surface area contributed by atoms with Gasteiger partial charge >= 0.3 is 0 Å². The number of fused-ring (bicyclic) bond motifs is 4. The Balaban J connectivity index is 1.35. The number of aliphatic hydroxyl groups is 2. The number of carbonyl (C=O) groups excluding carboxylic acids is 2. The van der Waals surface area contributed by atoms with Crippen LogP contribution in [-0.4, -0.2) is 65.8 Å². The fraction of sp³-hybridized carbons (Fsp3) is 0.342. The number of Topliss-reactive ketones (excluding diaryl/α,β-unsaturated/α-hetero) is 2. The maximum absolute atomic E-state index is 16.7. The van der Waals surface area contributed by atoms with E-state index in [1.165, 1.54) is 14.2 Å². The number of halogens is 2. The zero-order chi connectivity index (χ0) is 36.2. The highest BCUT2D eigenvalue weighted by molar-refractivity contribution is 9.10. The molecule has 1 aromatic heterocycles. The van der Waals surface area contributed by atoms with Gasteiger partial charge in [0, 0.05) is 31.3 Å². The Hall–Kier alpha value is -4.40. The quantitative estimate of drug-likeness (QED) is 0.139. The van der Waals surface area contributed by atoms with E-state index in [1.54, 1.807) is 19.0 Å². The second-order valence-corrected chi connectivity index (χ2v) is 13.9. The molecule has 1 fully saturated rings. The molecule has 13 heteroatoms. The minimum atomic E-state index is -2.62. The maximum atomic E-state index is 16.7. The van der Waals surface area contributed by atoms with Crippen molar-refractivity contribution >= 4 is 33.3 Å². The van der Waals surface area contributed by atoms with Gasteiger partial charge in [0.15, 0.2) is 17.7 Å². The first-order valence-electron chi connectivity index (χ1n) is 16.4. The normalized spacial score (nSPS) is 22.5. The molecular formula is C38H36BrFN2O9. The van der Waals surface area contributed by atoms with Crippen LogP contribution in [0.15, 0.2) is 75.2 Å². The molecule has 2 N–H and O–H groups in total. The zero-order valence-electron chi connectivity index (χ0n) is 28.3. The molecule has 1 saturated carbocycles. The van der Waals surface area contributed by atoms with Crippen LogP contribution in [0, 0.1) is 17.7 Å². The largest absolute Gasteiger partial charge is 0.507 e. The monoisotopic (exact) mass is 762 g/mol. The second kappa shape index (κ2) is 13.6. The molecule has 0 aliphatic heterocycles. The van der Waals surface area contributed by atoms with E-state index in [-0.39, 0.29) is 75.7 Å². The van der Waals surface area contributed by atoms with Crippen molar-refractivity contribution in [2.24, 2.45) is 11.8 Å². The highest BCUT2D eigenvalue weighted by Crippen LogP contribution is 2.57. The van der Waals surface area contributed by atoms with Crippen LogP contribution < -0.4 is 9.47 Å². The number of rotatable bonds is 10. The molecule has 0 bridgehead atoms. The molecule has 1 heterocycles. The highest BCUT2D eigenvalue weighted by Gasteiger charge is 2.65. The predicted molar refractivity (Wildman–Crippen MR) is 184 cm³/mol. The number of aliphatic hydroxyl groups excluding tert-OH is 1. The molecule has 0 saturated heterocycles. The standard InChI is InChI=1S/C38H36BrFN2O9/c1-42(2)30-23-16-21-15-22-25(32(49-17-19-11-7-5-8-12-19)28(39)26(29(22)40)37(47-3)48-4)31(43)24(21)34(44)38(23,46)35(45)27-33(30)51-41-36(27)50-18-20-13-9-6-10-14-20/h5-14,21,23,30,37,43,46H,15-18H2,1-4H3/t21-,23-,30-,38-/m0/s1. The lowest BCUT2D eigenvalue weighted by Gasteiger charge is -2.49. The summed E-state index contributed by atoms with van der Waals surface area (Å²) in [6.07, 6.45) is -1.16. The number of ketones is 2. The highest BCUT2D eigenvalue weighted by atomic mass is 79.9. The molecule has 4 atom stereocenters. The summed E-state index contributed by atoms with van der Waals surface area (Å²) in [5, 5.41) is 28.5. The van der Waals surface area contributed by atoms with Gasteiger partial charge in [-0.1, -0.05) is 60.7 Å². The molecule has 266 valence electrons. The van der Waals surface area contributed by atoms with Crippen LogP contribution in [0.5, 0.6) is 11.6 Å². The number of carbonyl (C=O) groups is 2. The Bertz CT molecular complexity index is 2030. The topological polar surface area (TPSA) is 141 Å². The zero-order valence-corrected chi connectivity index (χ0v) is 29.9. The summed E-state index contributed by atoms with van der Waals surface area (Å²) in [5.41, 5.74) is -1.29. The number of hydrogen-bond donors (Lipinski definition) is 2. The first kappa shape index (κ1) is 35.0. The van der Waals surface area contributed by atoms with Gasteiger partial charge in [-0.05, 0) is 65.1 Å². The van der Waals surface area contributed by atoms with Crippen LogP contribution >= 0.6 is 15.9 Å². The van der Waals surface area contributed by atoms with Gasteiger partial charge in [0.05, 0.1) is 21.6 Å². The molecule has 0 amide bonds. The van der Waals surface area contributed by atoms with Crippen molar-refractivity contribution in [1.82, 2.24) is 10.1 Å². The van der Waals surface area contributed by atoms with Crippen molar-refractivity contribution in [3.05, 3.63) is 116 Å². The Kier molecular flexibility index (Phi) is 9.35. The van der Waals surface area contributed by atoms with Crippen LogP contribution in [0.25, 0.3) is 5.76 Å². The molecular weight excluding hydrogens is 727 g/mol. The van der Waals surface area contributed by atoms with Gasteiger partial charge in [-0.15, -0.1) is 0 Å². The van der Waals surface area contributed by atoms with Crippen LogP contribution in [0.2, 0.25) is 0 Å². The number of ether oxygens (including phenoxy) is 4. The molecule has 51 heavy (non-hydrogen) atoms. The van der Waals surface area contributed by atoms with Gasteiger partial charge in [-0.25, -0.2) is 4.39 Å². The Labute approximate surface area is 301 Å². The first-order chi connectivity index (χ1) is 24.5. The summed E-state index contributed by atoms with van der Waals surface area (Å²) < 4.78 is 45.5. The molecule has 0 unspecified atom stereocenters. The Morgan fingerprint density at radius 3 is 2.18 bits per heavy atom. The fourth-order valence-electron chi connectivity index (χ4n) is 7.72. The van der Waals surface area contributed by atoms with Gasteiger partial charge in [0.25, 0.3) is 5.88 Å². The molecule has 4 aromatic rings. The molecule has 3 aliphatic rings. The van der Waals surface area contributed by atoms with E-state index in [0.29, 0.717) is 0 Å². The molecule has 3 aliphatic carbocycles. The van der Waals surface area contributed by atoms with Crippen molar-refractivity contribution in [3.63, 3.8) is 0 Å². The summed E-state index contributed by atoms with van der Waals surface area (Å²) in [4.78, 5) is 30.8. The Morgan fingerprint density at radius 2 is 1.59 bits per heavy atom. The van der Waals surface area contributed by atoms with Gasteiger partial charge in [0.2, 0.25) is 11.6 Å². The molecule has 3 aromatic carbocycles. The first-order valence-corrected chi connectivity index (χ1v) is 17.2. The SMILES string of the molecule is COC(OC)c1c(F)c2c(c(OCc3ccccc3)c1Br)C(O)=C1C(=O)[C@]3(O)C(=O)c4c(OCc5ccccc5)noc4[C@@H](N(C)C)[C@@H]3C[C@@H]1C2. The average Bonchev–Trinajstić information content (AvgIpc) is 3.55. The van der Waals surface area contributed by atoms with E-state index < -0.39 is 52.9 Å². The van der Waals surface area contributed by atoms with Crippen LogP contribution in [0.1, 0.15) is 62.7 Å². The van der Waals surface area contributed by atoms with Crippen LogP contribution in [0.4, 0.5) is 4.39 Å². The smallest absolute Gasteiger partial charge is 0.265 e. The average molecular weight is 764 g/mol. The summed E-state index contributed by atoms with van der Waals surface area (Å²) >= 11 is 3.47. The number of nitrogens with zero attached hydrogens (tertiary/aromatic N) is 2. The van der Waals surface area contributed by atoms with E-state index in [0.717, 1.165) is 11.1 Å². The third kappa shape index (κ3) is 5.58. The lowest BCUT2D eigenvalue weighted by molar-refractivity contribution is -0.142. The third-order valence-electron chi connectivity index (χ3n) is 10.1. The lowest BCUT2D eigenvalue weighted by atomic mass is 9.57. The van der Waals surface area contributed by atoms with Crippen molar-refractivity contribution in [2.75, 3.05) is 28.3 Å². The van der Waals surface area contributed by atoms with Crippen molar-refractivity contribution in [1.29, 1.82) is 0 Å². The number of methoxy groups -OCH3 is 2. The summed E-state index contributed by atoms with van der Waals surface area (Å²) in [6.45, 7) is 0.0973. The van der Waals surface area contributed by atoms with Gasteiger partial charge < -0.3 is 33.7 Å². The summed E-state index contributed by atoms with van der Waals surface area (Å²) in [7, 11) is 6.21. The molecule has 7 rings (SSSR count). The van der Waals surface area contributed by atoms with Crippen molar-refractivity contribution in [2.45, 2.75) is 44.0 Å². The number of hydrogen-bond acceptors (Lipinski definition) is 11. The van der Waals surface area contributed by atoms with Crippen molar-refractivity contribution in [3.8, 4) is 11.6 Å². The van der Waals surface area contributed by atoms with E-state index in [4.69, 9.17) is 23.5 Å². The van der Waals surface area contributed by atoms with E-state index in [1.807, 2.05) is 60.7 Å². The van der Waals surface area contributed by atoms with E-state index in [2.05, 4.69) is 21.1 Å². The van der Waals surface area contributed by atoms with Crippen LogP contribution in [-0.2, 0) is 33.9 Å². The maximum Gasteiger partial charge on any atom is 0.265 e. The van der Waals surface area contributed by atoms with Gasteiger partial charge in [0.1, 0.15) is 36.1 Å². The van der Waals surface area contributed by atoms with Crippen molar-refractivity contribution < 1.29 is 47.7 Å². The van der Waals surface area contributed by atoms with Crippen LogP contribution in [0.3, 0.4) is 0 Å².